The molecule has 1 saturated heterocycles. The van der Waals surface area contributed by atoms with Crippen LogP contribution in [0.15, 0.2) is 47.2 Å². The summed E-state index contributed by atoms with van der Waals surface area (Å²) in [5.74, 6) is 0.873. The molecule has 0 spiro atoms. The molecule has 0 amide bonds. The Kier molecular flexibility index (Phi) is 8.08. The molecule has 2 aliphatic heterocycles. The number of nitrogens with zero attached hydrogens (tertiary/aromatic N) is 2. The van der Waals surface area contributed by atoms with Gasteiger partial charge in [0.15, 0.2) is 6.35 Å². The molecule has 0 bridgehead atoms. The van der Waals surface area contributed by atoms with Crippen LogP contribution in [-0.2, 0) is 4.74 Å². The van der Waals surface area contributed by atoms with E-state index >= 15 is 0 Å². The van der Waals surface area contributed by atoms with Crippen molar-refractivity contribution in [1.82, 2.24) is 15.5 Å². The van der Waals surface area contributed by atoms with Gasteiger partial charge >= 0.3 is 0 Å². The van der Waals surface area contributed by atoms with Crippen LogP contribution < -0.4 is 10.6 Å². The van der Waals surface area contributed by atoms with Gasteiger partial charge in [-0.25, -0.2) is 0 Å². The Morgan fingerprint density at radius 2 is 2.15 bits per heavy atom. The van der Waals surface area contributed by atoms with Gasteiger partial charge < -0.3 is 15.2 Å². The lowest BCUT2D eigenvalue weighted by Gasteiger charge is -2.42. The monoisotopic (exact) mass is 452 g/mol. The fraction of sp³-hybridized carbons (Fsp3) is 0.667. The standard InChI is InChI=1S/C27H40N4O2/c1-4-5-6-20-9-8-19(3)23(13-20)30-27-29-16-25(33-27)21-10-11-22(15-28)24(14-21)31-17-18(2)7-12-26(31)32/h7-8,10,12-13,18,20,22,24-27,29-30,32H,4-6,9,11,14,16-17H2,1-3H3. The molecule has 2 aliphatic carbocycles. The van der Waals surface area contributed by atoms with Crippen molar-refractivity contribution in [3.05, 3.63) is 47.2 Å². The van der Waals surface area contributed by atoms with Crippen molar-refractivity contribution in [2.24, 2.45) is 17.8 Å². The average Bonchev–Trinajstić information content (AvgIpc) is 3.29. The van der Waals surface area contributed by atoms with Crippen LogP contribution in [0.1, 0.15) is 59.3 Å². The molecule has 6 heteroatoms. The molecule has 2 heterocycles. The zero-order valence-electron chi connectivity index (χ0n) is 20.3. The highest BCUT2D eigenvalue weighted by atomic mass is 16.5. The normalized spacial score (nSPS) is 37.2. The van der Waals surface area contributed by atoms with Crippen molar-refractivity contribution in [1.29, 1.82) is 5.26 Å². The van der Waals surface area contributed by atoms with Crippen molar-refractivity contribution in [3.63, 3.8) is 0 Å². The van der Waals surface area contributed by atoms with Crippen molar-refractivity contribution in [2.75, 3.05) is 13.1 Å². The lowest BCUT2D eigenvalue weighted by molar-refractivity contribution is -0.0215. The summed E-state index contributed by atoms with van der Waals surface area (Å²) in [4.78, 5) is 2.10. The number of nitriles is 1. The molecule has 4 aliphatic rings. The molecule has 0 aromatic heterocycles. The molecule has 4 rings (SSSR count). The maximum Gasteiger partial charge on any atom is 0.185 e. The fourth-order valence-corrected chi connectivity index (χ4v) is 5.51. The second kappa shape index (κ2) is 11.0. The molecule has 0 saturated carbocycles. The molecule has 1 fully saturated rings. The largest absolute Gasteiger partial charge is 0.375 e. The minimum absolute atomic E-state index is 0.0103. The topological polar surface area (TPSA) is 80.5 Å². The fourth-order valence-electron chi connectivity index (χ4n) is 5.51. The highest BCUT2D eigenvalue weighted by Crippen LogP contribution is 2.34. The van der Waals surface area contributed by atoms with Gasteiger partial charge in [0.2, 0.25) is 0 Å². The van der Waals surface area contributed by atoms with E-state index in [1.165, 1.54) is 36.1 Å². The lowest BCUT2D eigenvalue weighted by atomic mass is 9.82. The van der Waals surface area contributed by atoms with E-state index in [0.29, 0.717) is 18.3 Å². The first-order chi connectivity index (χ1) is 16.0. The van der Waals surface area contributed by atoms with Crippen LogP contribution in [0.3, 0.4) is 0 Å². The predicted octanol–water partition coefficient (Wildman–Crippen LogP) is 3.94. The van der Waals surface area contributed by atoms with Crippen LogP contribution in [0.25, 0.3) is 0 Å². The van der Waals surface area contributed by atoms with Crippen LogP contribution in [0.5, 0.6) is 0 Å². The van der Waals surface area contributed by atoms with Gasteiger partial charge in [0, 0.05) is 24.8 Å². The van der Waals surface area contributed by atoms with Crippen molar-refractivity contribution in [2.45, 2.75) is 84.0 Å². The number of rotatable bonds is 7. The Bertz CT molecular complexity index is 855. The van der Waals surface area contributed by atoms with Gasteiger partial charge in [-0.3, -0.25) is 10.2 Å². The summed E-state index contributed by atoms with van der Waals surface area (Å²) in [7, 11) is 0. The van der Waals surface area contributed by atoms with Gasteiger partial charge in [0.25, 0.3) is 0 Å². The highest BCUT2D eigenvalue weighted by molar-refractivity contribution is 5.32. The molecular weight excluding hydrogens is 412 g/mol. The second-order valence-electron chi connectivity index (χ2n) is 10.2. The highest BCUT2D eigenvalue weighted by Gasteiger charge is 2.38. The summed E-state index contributed by atoms with van der Waals surface area (Å²) >= 11 is 0. The van der Waals surface area contributed by atoms with Crippen LogP contribution >= 0.6 is 0 Å². The van der Waals surface area contributed by atoms with Crippen LogP contribution in [0.2, 0.25) is 0 Å². The summed E-state index contributed by atoms with van der Waals surface area (Å²) in [5.41, 5.74) is 3.70. The number of unbranched alkanes of at least 4 members (excludes halogenated alkanes) is 1. The van der Waals surface area contributed by atoms with Crippen molar-refractivity contribution >= 4 is 0 Å². The SMILES string of the molecule is CCCCC1C=C(NC2NCC(C3=CCC(C#N)C(N4CC(C)C=CC4O)C3)O2)C(C)=CC1. The number of aliphatic hydroxyl groups excluding tert-OH is 1. The van der Waals surface area contributed by atoms with E-state index < -0.39 is 6.23 Å². The Labute approximate surface area is 199 Å². The van der Waals surface area contributed by atoms with Crippen LogP contribution in [-0.4, -0.2) is 47.8 Å². The molecule has 7 atom stereocenters. The molecule has 0 radical (unpaired) electrons. The zero-order chi connectivity index (χ0) is 23.4. The van der Waals surface area contributed by atoms with Gasteiger partial charge in [-0.1, -0.05) is 51.0 Å². The summed E-state index contributed by atoms with van der Waals surface area (Å²) in [6.07, 6.45) is 16.3. The average molecular weight is 453 g/mol. The second-order valence-corrected chi connectivity index (χ2v) is 10.2. The number of aliphatic hydroxyl groups is 1. The maximum atomic E-state index is 10.6. The quantitative estimate of drug-likeness (QED) is 0.508. The number of allylic oxidation sites excluding steroid dienone is 4. The van der Waals surface area contributed by atoms with Gasteiger partial charge in [0.1, 0.15) is 6.23 Å². The van der Waals surface area contributed by atoms with E-state index in [1.54, 1.807) is 0 Å². The Balaban J connectivity index is 1.38. The van der Waals surface area contributed by atoms with E-state index in [-0.39, 0.29) is 24.4 Å². The van der Waals surface area contributed by atoms with Crippen molar-refractivity contribution in [3.8, 4) is 6.07 Å². The molecule has 0 aromatic carbocycles. The van der Waals surface area contributed by atoms with E-state index in [2.05, 4.69) is 66.7 Å². The Morgan fingerprint density at radius 3 is 2.94 bits per heavy atom. The molecule has 180 valence electrons. The third-order valence-corrected chi connectivity index (χ3v) is 7.56. The molecule has 3 N–H and O–H groups in total. The van der Waals surface area contributed by atoms with Gasteiger partial charge in [0.05, 0.1) is 18.1 Å². The first kappa shape index (κ1) is 24.2. The molecule has 7 unspecified atom stereocenters. The Morgan fingerprint density at radius 1 is 1.30 bits per heavy atom. The van der Waals surface area contributed by atoms with Crippen molar-refractivity contribution < 1.29 is 9.84 Å². The smallest absolute Gasteiger partial charge is 0.185 e. The molecule has 6 nitrogen and oxygen atoms in total. The van der Waals surface area contributed by atoms with E-state index in [4.69, 9.17) is 4.74 Å². The minimum Gasteiger partial charge on any atom is -0.375 e. The first-order valence-electron chi connectivity index (χ1n) is 12.7. The summed E-state index contributed by atoms with van der Waals surface area (Å²) < 4.78 is 6.38. The van der Waals surface area contributed by atoms with Crippen LogP contribution in [0.4, 0.5) is 0 Å². The van der Waals surface area contributed by atoms with Crippen LogP contribution in [0, 0.1) is 29.1 Å². The van der Waals surface area contributed by atoms with E-state index in [9.17, 15) is 10.4 Å². The molecular formula is C27H40N4O2. The molecule has 33 heavy (non-hydrogen) atoms. The summed E-state index contributed by atoms with van der Waals surface area (Å²) in [6.45, 7) is 8.09. The van der Waals surface area contributed by atoms with E-state index in [0.717, 1.165) is 25.9 Å². The predicted molar refractivity (Wildman–Crippen MR) is 130 cm³/mol. The summed E-state index contributed by atoms with van der Waals surface area (Å²) in [5, 5.41) is 27.4. The Hall–Kier alpha value is -1.91. The minimum atomic E-state index is -0.618. The van der Waals surface area contributed by atoms with E-state index in [1.807, 2.05) is 6.08 Å². The first-order valence-corrected chi connectivity index (χ1v) is 12.7. The number of hydrogen-bond donors (Lipinski definition) is 3. The lowest BCUT2D eigenvalue weighted by Crippen LogP contribution is -2.51. The number of hydrogen-bond acceptors (Lipinski definition) is 6. The third kappa shape index (κ3) is 5.78. The third-order valence-electron chi connectivity index (χ3n) is 7.56. The maximum absolute atomic E-state index is 10.6. The van der Waals surface area contributed by atoms with Gasteiger partial charge in [-0.05, 0) is 61.7 Å². The molecule has 0 aromatic rings. The summed E-state index contributed by atoms with van der Waals surface area (Å²) in [6, 6.07) is 2.49. The van der Waals surface area contributed by atoms with Gasteiger partial charge in [-0.15, -0.1) is 0 Å². The zero-order valence-corrected chi connectivity index (χ0v) is 20.3. The number of ether oxygens (including phenoxy) is 1. The number of nitrogens with one attached hydrogen (secondary N) is 2. The van der Waals surface area contributed by atoms with Gasteiger partial charge in [-0.2, -0.15) is 5.26 Å².